The first-order chi connectivity index (χ1) is 11.7. The molecule has 1 aromatic heterocycles. The zero-order valence-corrected chi connectivity index (χ0v) is 13.9. The quantitative estimate of drug-likeness (QED) is 0.741. The minimum absolute atomic E-state index is 0.0774. The largest absolute Gasteiger partial charge is 0.341 e. The number of nitrogens with zero attached hydrogens (tertiary/aromatic N) is 2. The van der Waals surface area contributed by atoms with Crippen LogP contribution in [0, 0.1) is 11.3 Å². The zero-order chi connectivity index (χ0) is 16.9. The summed E-state index contributed by atoms with van der Waals surface area (Å²) in [5.74, 6) is 1.08. The second-order valence-corrected chi connectivity index (χ2v) is 6.66. The third-order valence-corrected chi connectivity index (χ3v) is 4.68. The van der Waals surface area contributed by atoms with Gasteiger partial charge in [0.15, 0.2) is 0 Å². The highest BCUT2D eigenvalue weighted by molar-refractivity contribution is 8.00. The van der Waals surface area contributed by atoms with E-state index in [-0.39, 0.29) is 11.2 Å². The molecule has 0 spiro atoms. The number of H-pyrrole nitrogens is 1. The number of hydrogen-bond acceptors (Lipinski definition) is 4. The second-order valence-electron chi connectivity index (χ2n) is 5.33. The average molecular weight is 336 g/mol. The maximum atomic E-state index is 12.1. The van der Waals surface area contributed by atoms with Crippen molar-refractivity contribution in [1.82, 2.24) is 9.97 Å². The number of anilines is 1. The fraction of sp³-hybridized carbons (Fsp3) is 0.167. The van der Waals surface area contributed by atoms with E-state index in [0.29, 0.717) is 17.0 Å². The Morgan fingerprint density at radius 3 is 2.96 bits per heavy atom. The molecule has 0 saturated carbocycles. The molecule has 24 heavy (non-hydrogen) atoms. The van der Waals surface area contributed by atoms with E-state index in [1.165, 1.54) is 11.8 Å². The van der Waals surface area contributed by atoms with Crippen LogP contribution < -0.4 is 5.32 Å². The van der Waals surface area contributed by atoms with Crippen LogP contribution in [-0.2, 0) is 4.79 Å². The number of benzene rings is 2. The summed E-state index contributed by atoms with van der Waals surface area (Å²) in [6, 6.07) is 16.8. The summed E-state index contributed by atoms with van der Waals surface area (Å²) in [5.41, 5.74) is 3.09. The van der Waals surface area contributed by atoms with Gasteiger partial charge in [0.1, 0.15) is 5.82 Å². The molecule has 3 aromatic rings. The average Bonchev–Trinajstić information content (AvgIpc) is 3.04. The van der Waals surface area contributed by atoms with Gasteiger partial charge in [0, 0.05) is 5.69 Å². The van der Waals surface area contributed by atoms with Crippen LogP contribution in [0.5, 0.6) is 0 Å². The Hall–Kier alpha value is -2.78. The van der Waals surface area contributed by atoms with Gasteiger partial charge < -0.3 is 10.3 Å². The molecular formula is C18H16N4OS. The predicted molar refractivity (Wildman–Crippen MR) is 96.8 cm³/mol. The van der Waals surface area contributed by atoms with E-state index in [1.807, 2.05) is 31.2 Å². The number of aromatic amines is 1. The molecule has 0 aliphatic carbocycles. The number of carbonyl (C=O) groups is 1. The smallest absolute Gasteiger partial charge is 0.234 e. The lowest BCUT2D eigenvalue weighted by Gasteiger charge is -2.09. The van der Waals surface area contributed by atoms with Crippen LogP contribution in [0.1, 0.15) is 23.6 Å². The standard InChI is InChI=1S/C18H16N4OS/c1-12(18-21-15-7-2-3-8-16(15)22-18)24-11-17(23)20-14-6-4-5-13(9-14)10-19/h2-9,12H,11H2,1H3,(H,20,23)(H,21,22). The van der Waals surface area contributed by atoms with Crippen molar-refractivity contribution in [3.8, 4) is 6.07 Å². The fourth-order valence-electron chi connectivity index (χ4n) is 2.31. The highest BCUT2D eigenvalue weighted by atomic mass is 32.2. The molecular weight excluding hydrogens is 320 g/mol. The molecule has 5 nitrogen and oxygen atoms in total. The lowest BCUT2D eigenvalue weighted by Crippen LogP contribution is -2.14. The summed E-state index contributed by atoms with van der Waals surface area (Å²) < 4.78 is 0. The van der Waals surface area contributed by atoms with Crippen molar-refractivity contribution in [3.05, 3.63) is 59.9 Å². The summed E-state index contributed by atoms with van der Waals surface area (Å²) in [6.45, 7) is 2.02. The number of imidazole rings is 1. The molecule has 1 heterocycles. The zero-order valence-electron chi connectivity index (χ0n) is 13.1. The summed E-state index contributed by atoms with van der Waals surface area (Å²) >= 11 is 1.51. The Bertz CT molecular complexity index is 880. The van der Waals surface area contributed by atoms with Crippen molar-refractivity contribution in [1.29, 1.82) is 5.26 Å². The molecule has 0 aliphatic heterocycles. The van der Waals surface area contributed by atoms with Crippen LogP contribution in [0.3, 0.4) is 0 Å². The monoisotopic (exact) mass is 336 g/mol. The Morgan fingerprint density at radius 2 is 2.17 bits per heavy atom. The van der Waals surface area contributed by atoms with Gasteiger partial charge in [-0.25, -0.2) is 4.98 Å². The summed E-state index contributed by atoms with van der Waals surface area (Å²) in [7, 11) is 0. The molecule has 0 aliphatic rings. The molecule has 1 unspecified atom stereocenters. The van der Waals surface area contributed by atoms with Crippen LogP contribution in [0.2, 0.25) is 0 Å². The number of amides is 1. The van der Waals surface area contributed by atoms with Gasteiger partial charge in [-0.3, -0.25) is 4.79 Å². The van der Waals surface area contributed by atoms with Gasteiger partial charge in [0.05, 0.1) is 33.7 Å². The normalized spacial score (nSPS) is 11.8. The first-order valence-electron chi connectivity index (χ1n) is 7.52. The maximum Gasteiger partial charge on any atom is 0.234 e. The van der Waals surface area contributed by atoms with Crippen LogP contribution in [-0.4, -0.2) is 21.6 Å². The van der Waals surface area contributed by atoms with Gasteiger partial charge in [-0.1, -0.05) is 18.2 Å². The van der Waals surface area contributed by atoms with Gasteiger partial charge in [0.25, 0.3) is 0 Å². The van der Waals surface area contributed by atoms with Gasteiger partial charge in [-0.2, -0.15) is 5.26 Å². The van der Waals surface area contributed by atoms with Crippen molar-refractivity contribution in [3.63, 3.8) is 0 Å². The summed E-state index contributed by atoms with van der Waals surface area (Å²) in [4.78, 5) is 19.9. The summed E-state index contributed by atoms with van der Waals surface area (Å²) in [5, 5.41) is 11.8. The Labute approximate surface area is 144 Å². The van der Waals surface area contributed by atoms with Gasteiger partial charge >= 0.3 is 0 Å². The highest BCUT2D eigenvalue weighted by Crippen LogP contribution is 2.27. The lowest BCUT2D eigenvalue weighted by molar-refractivity contribution is -0.113. The molecule has 6 heteroatoms. The van der Waals surface area contributed by atoms with E-state index >= 15 is 0 Å². The molecule has 0 fully saturated rings. The third-order valence-electron chi connectivity index (χ3n) is 3.53. The molecule has 120 valence electrons. The molecule has 1 atom stereocenters. The predicted octanol–water partition coefficient (Wildman–Crippen LogP) is 3.87. The number of hydrogen-bond donors (Lipinski definition) is 2. The van der Waals surface area contributed by atoms with E-state index in [9.17, 15) is 4.79 Å². The Balaban J connectivity index is 1.58. The van der Waals surface area contributed by atoms with E-state index in [0.717, 1.165) is 16.9 Å². The van der Waals surface area contributed by atoms with Crippen LogP contribution in [0.25, 0.3) is 11.0 Å². The summed E-state index contributed by atoms with van der Waals surface area (Å²) in [6.07, 6.45) is 0. The molecule has 0 saturated heterocycles. The lowest BCUT2D eigenvalue weighted by atomic mass is 10.2. The SMILES string of the molecule is CC(SCC(=O)Nc1cccc(C#N)c1)c1nc2ccccc2[nH]1. The van der Waals surface area contributed by atoms with Crippen molar-refractivity contribution in [2.75, 3.05) is 11.1 Å². The molecule has 2 aromatic carbocycles. The van der Waals surface area contributed by atoms with Gasteiger partial charge in [-0.15, -0.1) is 11.8 Å². The highest BCUT2D eigenvalue weighted by Gasteiger charge is 2.13. The van der Waals surface area contributed by atoms with Crippen molar-refractivity contribution in [2.45, 2.75) is 12.2 Å². The first kappa shape index (κ1) is 16.1. The van der Waals surface area contributed by atoms with E-state index < -0.39 is 0 Å². The number of aromatic nitrogens is 2. The molecule has 0 bridgehead atoms. The number of nitriles is 1. The molecule has 2 N–H and O–H groups in total. The van der Waals surface area contributed by atoms with Crippen molar-refractivity contribution in [2.24, 2.45) is 0 Å². The molecule has 1 amide bonds. The van der Waals surface area contributed by atoms with Crippen molar-refractivity contribution >= 4 is 34.4 Å². The fourth-order valence-corrected chi connectivity index (χ4v) is 3.05. The van der Waals surface area contributed by atoms with Crippen LogP contribution in [0.4, 0.5) is 5.69 Å². The van der Waals surface area contributed by atoms with Crippen LogP contribution >= 0.6 is 11.8 Å². The number of rotatable bonds is 5. The minimum Gasteiger partial charge on any atom is -0.341 e. The second kappa shape index (κ2) is 7.20. The number of nitrogens with one attached hydrogen (secondary N) is 2. The maximum absolute atomic E-state index is 12.1. The topological polar surface area (TPSA) is 81.6 Å². The Morgan fingerprint density at radius 1 is 1.33 bits per heavy atom. The number of para-hydroxylation sites is 2. The van der Waals surface area contributed by atoms with E-state index in [2.05, 4.69) is 21.4 Å². The molecule has 0 radical (unpaired) electrons. The van der Waals surface area contributed by atoms with Gasteiger partial charge in [-0.05, 0) is 37.3 Å². The number of carbonyl (C=O) groups excluding carboxylic acids is 1. The van der Waals surface area contributed by atoms with E-state index in [4.69, 9.17) is 5.26 Å². The van der Waals surface area contributed by atoms with Gasteiger partial charge in [0.2, 0.25) is 5.91 Å². The number of thioether (sulfide) groups is 1. The van der Waals surface area contributed by atoms with Crippen molar-refractivity contribution < 1.29 is 4.79 Å². The van der Waals surface area contributed by atoms with E-state index in [1.54, 1.807) is 24.3 Å². The molecule has 3 rings (SSSR count). The first-order valence-corrected chi connectivity index (χ1v) is 8.57. The third kappa shape index (κ3) is 3.76. The number of fused-ring (bicyclic) bond motifs is 1. The Kier molecular flexibility index (Phi) is 4.82. The van der Waals surface area contributed by atoms with Crippen LogP contribution in [0.15, 0.2) is 48.5 Å². The minimum atomic E-state index is -0.0990.